The van der Waals surface area contributed by atoms with Crippen molar-refractivity contribution in [3.8, 4) is 6.07 Å². The largest absolute Gasteiger partial charge is 0.264 e. The molecule has 0 aliphatic carbocycles. The van der Waals surface area contributed by atoms with Gasteiger partial charge in [-0.25, -0.2) is 27.5 Å². The van der Waals surface area contributed by atoms with E-state index in [-0.39, 0.29) is 16.4 Å². The fourth-order valence-corrected chi connectivity index (χ4v) is 2.27. The molecule has 0 saturated carbocycles. The second-order valence-electron chi connectivity index (χ2n) is 3.43. The summed E-state index contributed by atoms with van der Waals surface area (Å²) in [6.45, 7) is 0. The van der Waals surface area contributed by atoms with E-state index in [1.807, 2.05) is 0 Å². The lowest BCUT2D eigenvalue weighted by Gasteiger charge is -2.06. The van der Waals surface area contributed by atoms with Crippen molar-refractivity contribution in [1.82, 2.24) is 9.97 Å². The molecule has 6 nitrogen and oxygen atoms in total. The normalized spacial score (nSPS) is 10.7. The highest BCUT2D eigenvalue weighted by Gasteiger charge is 2.17. The van der Waals surface area contributed by atoms with Gasteiger partial charge in [0.05, 0.1) is 10.5 Å². The molecule has 0 radical (unpaired) electrons. The van der Waals surface area contributed by atoms with Crippen molar-refractivity contribution in [2.75, 3.05) is 4.72 Å². The number of hydrogen-bond donors (Lipinski definition) is 1. The van der Waals surface area contributed by atoms with Gasteiger partial charge in [-0.1, -0.05) is 0 Å². The number of nitrogens with one attached hydrogen (secondary N) is 1. The van der Waals surface area contributed by atoms with Gasteiger partial charge >= 0.3 is 0 Å². The van der Waals surface area contributed by atoms with Crippen molar-refractivity contribution in [2.24, 2.45) is 0 Å². The number of sulfonamides is 1. The maximum atomic E-state index is 13.1. The van der Waals surface area contributed by atoms with Gasteiger partial charge in [0.1, 0.15) is 11.9 Å². The van der Waals surface area contributed by atoms with Gasteiger partial charge in [-0.2, -0.15) is 5.26 Å². The second kappa shape index (κ2) is 4.99. The minimum Gasteiger partial charge on any atom is -0.247 e. The van der Waals surface area contributed by atoms with Gasteiger partial charge in [-0.05, 0) is 24.3 Å². The highest BCUT2D eigenvalue weighted by molar-refractivity contribution is 7.92. The monoisotopic (exact) mass is 278 g/mol. The summed E-state index contributed by atoms with van der Waals surface area (Å²) in [7, 11) is -3.96. The SMILES string of the molecule is N#Cc1cc(S(=O)(=O)Nc2ncccn2)ccc1F. The van der Waals surface area contributed by atoms with Crippen LogP contribution in [0.3, 0.4) is 0 Å². The number of anilines is 1. The summed E-state index contributed by atoms with van der Waals surface area (Å²) >= 11 is 0. The fourth-order valence-electron chi connectivity index (χ4n) is 1.29. The predicted octanol–water partition coefficient (Wildman–Crippen LogP) is 1.29. The van der Waals surface area contributed by atoms with Crippen LogP contribution < -0.4 is 4.72 Å². The average Bonchev–Trinajstić information content (AvgIpc) is 2.39. The van der Waals surface area contributed by atoms with Crippen molar-refractivity contribution in [3.05, 3.63) is 48.0 Å². The zero-order valence-corrected chi connectivity index (χ0v) is 10.2. The minimum absolute atomic E-state index is 0.106. The van der Waals surface area contributed by atoms with Crippen molar-refractivity contribution >= 4 is 16.0 Å². The topological polar surface area (TPSA) is 95.7 Å². The van der Waals surface area contributed by atoms with E-state index in [1.165, 1.54) is 18.5 Å². The molecule has 0 spiro atoms. The maximum Gasteiger partial charge on any atom is 0.264 e. The van der Waals surface area contributed by atoms with Gasteiger partial charge in [0.25, 0.3) is 10.0 Å². The van der Waals surface area contributed by atoms with Crippen LogP contribution in [0.1, 0.15) is 5.56 Å². The number of benzene rings is 1. The molecule has 96 valence electrons. The summed E-state index contributed by atoms with van der Waals surface area (Å²) in [5.41, 5.74) is -0.350. The molecule has 8 heteroatoms. The van der Waals surface area contributed by atoms with E-state index in [4.69, 9.17) is 5.26 Å². The lowest BCUT2D eigenvalue weighted by molar-refractivity contribution is 0.599. The van der Waals surface area contributed by atoms with E-state index in [2.05, 4.69) is 14.7 Å². The Morgan fingerprint density at radius 2 is 1.95 bits per heavy atom. The molecule has 0 bridgehead atoms. The quantitative estimate of drug-likeness (QED) is 0.912. The van der Waals surface area contributed by atoms with E-state index in [1.54, 1.807) is 6.07 Å². The fraction of sp³-hybridized carbons (Fsp3) is 0. The molecular formula is C11H7FN4O2S. The lowest BCUT2D eigenvalue weighted by Crippen LogP contribution is -2.15. The first kappa shape index (κ1) is 12.9. The number of aromatic nitrogens is 2. The molecule has 2 rings (SSSR count). The molecule has 0 fully saturated rings. The molecular weight excluding hydrogens is 271 g/mol. The molecule has 0 aliphatic heterocycles. The standard InChI is InChI=1S/C11H7FN4O2S/c12-10-3-2-9(6-8(10)7-13)19(17,18)16-11-14-4-1-5-15-11/h1-6H,(H,14,15,16). The van der Waals surface area contributed by atoms with Crippen LogP contribution in [0.5, 0.6) is 0 Å². The van der Waals surface area contributed by atoms with Gasteiger partial charge in [0, 0.05) is 12.4 Å². The first-order valence-corrected chi connectivity index (χ1v) is 6.51. The Hall–Kier alpha value is -2.53. The molecule has 1 aromatic carbocycles. The van der Waals surface area contributed by atoms with Crippen LogP contribution in [0.25, 0.3) is 0 Å². The van der Waals surface area contributed by atoms with E-state index in [0.717, 1.165) is 18.2 Å². The van der Waals surface area contributed by atoms with Gasteiger partial charge < -0.3 is 0 Å². The Kier molecular flexibility index (Phi) is 3.39. The number of hydrogen-bond acceptors (Lipinski definition) is 5. The van der Waals surface area contributed by atoms with Crippen LogP contribution in [0.2, 0.25) is 0 Å². The average molecular weight is 278 g/mol. The van der Waals surface area contributed by atoms with Crippen molar-refractivity contribution in [3.63, 3.8) is 0 Å². The number of nitriles is 1. The highest BCUT2D eigenvalue weighted by Crippen LogP contribution is 2.16. The molecule has 0 atom stereocenters. The van der Waals surface area contributed by atoms with Crippen LogP contribution in [0.15, 0.2) is 41.6 Å². The summed E-state index contributed by atoms with van der Waals surface area (Å²) in [6.07, 6.45) is 2.74. The molecule has 1 heterocycles. The first-order valence-electron chi connectivity index (χ1n) is 5.02. The van der Waals surface area contributed by atoms with E-state index in [0.29, 0.717) is 0 Å². The number of halogens is 1. The summed E-state index contributed by atoms with van der Waals surface area (Å²) in [4.78, 5) is 7.18. The van der Waals surface area contributed by atoms with Crippen LogP contribution in [-0.4, -0.2) is 18.4 Å². The molecule has 0 unspecified atom stereocenters. The summed E-state index contributed by atoms with van der Waals surface area (Å²) < 4.78 is 39.2. The Morgan fingerprint density at radius 3 is 2.58 bits per heavy atom. The molecule has 0 saturated heterocycles. The molecule has 2 aromatic rings. The molecule has 0 amide bonds. The zero-order chi connectivity index (χ0) is 13.9. The van der Waals surface area contributed by atoms with E-state index >= 15 is 0 Å². The third-order valence-corrected chi connectivity index (χ3v) is 3.49. The molecule has 1 aromatic heterocycles. The Labute approximate surface area is 108 Å². The third-order valence-electron chi connectivity index (χ3n) is 2.16. The van der Waals surface area contributed by atoms with Crippen LogP contribution in [0.4, 0.5) is 10.3 Å². The Bertz CT molecular complexity index is 741. The third kappa shape index (κ3) is 2.83. The number of rotatable bonds is 3. The molecule has 0 aliphatic rings. The van der Waals surface area contributed by atoms with Crippen molar-refractivity contribution in [1.29, 1.82) is 5.26 Å². The Morgan fingerprint density at radius 1 is 1.26 bits per heavy atom. The smallest absolute Gasteiger partial charge is 0.247 e. The zero-order valence-electron chi connectivity index (χ0n) is 9.41. The minimum atomic E-state index is -3.96. The second-order valence-corrected chi connectivity index (χ2v) is 5.11. The van der Waals surface area contributed by atoms with Gasteiger partial charge in [-0.15, -0.1) is 0 Å². The summed E-state index contributed by atoms with van der Waals surface area (Å²) in [6, 6.07) is 6.02. The first-order chi connectivity index (χ1) is 9.03. The van der Waals surface area contributed by atoms with Crippen molar-refractivity contribution in [2.45, 2.75) is 4.90 Å². The predicted molar refractivity (Wildman–Crippen MR) is 64.0 cm³/mol. The Balaban J connectivity index is 2.38. The van der Waals surface area contributed by atoms with Crippen LogP contribution in [-0.2, 0) is 10.0 Å². The summed E-state index contributed by atoms with van der Waals surface area (Å²) in [5, 5.41) is 8.67. The van der Waals surface area contributed by atoms with Crippen molar-refractivity contribution < 1.29 is 12.8 Å². The highest BCUT2D eigenvalue weighted by atomic mass is 32.2. The van der Waals surface area contributed by atoms with Gasteiger partial charge in [0.15, 0.2) is 0 Å². The lowest BCUT2D eigenvalue weighted by atomic mass is 10.2. The number of nitrogens with zero attached hydrogens (tertiary/aromatic N) is 3. The van der Waals surface area contributed by atoms with E-state index in [9.17, 15) is 12.8 Å². The molecule has 19 heavy (non-hydrogen) atoms. The maximum absolute atomic E-state index is 13.1. The summed E-state index contributed by atoms with van der Waals surface area (Å²) in [5.74, 6) is -0.886. The van der Waals surface area contributed by atoms with Crippen LogP contribution in [0, 0.1) is 17.1 Å². The van der Waals surface area contributed by atoms with Crippen LogP contribution >= 0.6 is 0 Å². The van der Waals surface area contributed by atoms with E-state index < -0.39 is 15.8 Å². The molecule has 1 N–H and O–H groups in total. The van der Waals surface area contributed by atoms with Gasteiger partial charge in [-0.3, -0.25) is 0 Å². The van der Waals surface area contributed by atoms with Gasteiger partial charge in [0.2, 0.25) is 5.95 Å².